The largest absolute Gasteiger partial charge is 0.256 e. The molecule has 0 fully saturated rings. The molecule has 0 aliphatic carbocycles. The summed E-state index contributed by atoms with van der Waals surface area (Å²) in [7, 11) is 0. The van der Waals surface area contributed by atoms with Gasteiger partial charge < -0.3 is 0 Å². The Labute approximate surface area is 474 Å². The fraction of sp³-hybridized carbons (Fsp3) is 0. The average molecular weight is 1050 g/mol. The summed E-state index contributed by atoms with van der Waals surface area (Å²) in [5, 5.41) is 6.05. The Morgan fingerprint density at radius 2 is 0.642 bits per heavy atom. The molecule has 0 radical (unpaired) electrons. The number of para-hydroxylation sites is 1. The van der Waals surface area contributed by atoms with Gasteiger partial charge >= 0.3 is 0 Å². The zero-order valence-corrected chi connectivity index (χ0v) is 44.9. The van der Waals surface area contributed by atoms with Crippen LogP contribution in [-0.4, -0.2) is 15.0 Å². The van der Waals surface area contributed by atoms with E-state index < -0.39 is 0 Å². The van der Waals surface area contributed by atoms with Gasteiger partial charge in [0.25, 0.3) is 0 Å². The highest BCUT2D eigenvalue weighted by molar-refractivity contribution is 7.25. The SMILES string of the molecule is c1ccc(-c2ccc(-c3ccccc3-c3cc(-c4ccccc4-c4ccc(-c5ccccn5)cc4)cc(-c4ccccc4-c4ccc(-c5nc6ccccc6c6ccccc56)cc4-c4ccc5c(c4)sc4ccccc45)c3)cc2)nc1. The fourth-order valence-electron chi connectivity index (χ4n) is 11.9. The zero-order valence-electron chi connectivity index (χ0n) is 44.0. The second kappa shape index (κ2) is 20.4. The van der Waals surface area contributed by atoms with Gasteiger partial charge in [0.2, 0.25) is 0 Å². The predicted molar refractivity (Wildman–Crippen MR) is 342 cm³/mol. The quantitative estimate of drug-likeness (QED) is 0.128. The molecule has 0 spiro atoms. The van der Waals surface area contributed by atoms with Crippen molar-refractivity contribution in [1.82, 2.24) is 15.0 Å². The first-order valence-corrected chi connectivity index (χ1v) is 28.3. The maximum absolute atomic E-state index is 5.42. The number of hydrogen-bond donors (Lipinski definition) is 0. The van der Waals surface area contributed by atoms with Crippen molar-refractivity contribution in [2.24, 2.45) is 0 Å². The molecule has 11 aromatic carbocycles. The average Bonchev–Trinajstić information content (AvgIpc) is 3.97. The Kier molecular flexibility index (Phi) is 12.1. The van der Waals surface area contributed by atoms with E-state index >= 15 is 0 Å². The summed E-state index contributed by atoms with van der Waals surface area (Å²) in [4.78, 5) is 14.7. The van der Waals surface area contributed by atoms with Crippen LogP contribution in [-0.2, 0) is 0 Å². The second-order valence-electron chi connectivity index (χ2n) is 20.6. The zero-order chi connectivity index (χ0) is 53.6. The normalized spacial score (nSPS) is 11.5. The van der Waals surface area contributed by atoms with Gasteiger partial charge in [-0.05, 0) is 150 Å². The molecule has 0 saturated carbocycles. The summed E-state index contributed by atoms with van der Waals surface area (Å²) in [6, 6.07) is 104. The first-order chi connectivity index (χ1) is 40.1. The second-order valence-corrected chi connectivity index (χ2v) is 21.7. The molecule has 15 aromatic rings. The minimum Gasteiger partial charge on any atom is -0.256 e. The molecule has 0 aliphatic heterocycles. The highest BCUT2D eigenvalue weighted by atomic mass is 32.1. The van der Waals surface area contributed by atoms with E-state index in [2.05, 4.69) is 271 Å². The summed E-state index contributed by atoms with van der Waals surface area (Å²) >= 11 is 1.86. The maximum Gasteiger partial charge on any atom is 0.0788 e. The number of hydrogen-bond acceptors (Lipinski definition) is 4. The van der Waals surface area contributed by atoms with Crippen LogP contribution in [0.3, 0.4) is 0 Å². The molecule has 0 saturated heterocycles. The fourth-order valence-corrected chi connectivity index (χ4v) is 13.1. The molecule has 4 heteroatoms. The Balaban J connectivity index is 0.935. The third kappa shape index (κ3) is 8.85. The van der Waals surface area contributed by atoms with Crippen molar-refractivity contribution in [3.05, 3.63) is 298 Å². The number of fused-ring (bicyclic) bond motifs is 6. The van der Waals surface area contributed by atoms with Crippen LogP contribution in [0.4, 0.5) is 0 Å². The number of benzene rings is 11. The molecule has 0 N–H and O–H groups in total. The Morgan fingerprint density at radius 1 is 0.222 bits per heavy atom. The predicted octanol–water partition coefficient (Wildman–Crippen LogP) is 21.2. The third-order valence-corrected chi connectivity index (χ3v) is 17.0. The van der Waals surface area contributed by atoms with E-state index in [9.17, 15) is 0 Å². The lowest BCUT2D eigenvalue weighted by molar-refractivity contribution is 1.33. The van der Waals surface area contributed by atoms with Gasteiger partial charge in [-0.25, -0.2) is 4.98 Å². The summed E-state index contributed by atoms with van der Waals surface area (Å²) in [5.74, 6) is 0. The smallest absolute Gasteiger partial charge is 0.0788 e. The van der Waals surface area contributed by atoms with Crippen LogP contribution < -0.4 is 0 Å². The van der Waals surface area contributed by atoms with E-state index in [4.69, 9.17) is 4.98 Å². The van der Waals surface area contributed by atoms with Gasteiger partial charge in [0.05, 0.1) is 22.6 Å². The number of rotatable bonds is 10. The van der Waals surface area contributed by atoms with Crippen molar-refractivity contribution >= 4 is 53.2 Å². The standard InChI is InChI=1S/C77H49N3S/c1-3-19-61(59(17-1)50-31-35-52(36-32-50)72-27-13-15-43-78-72)56-45-57(62-20-4-2-18-60(62)51-33-37-53(38-34-51)73-28-14-16-44-79-73)47-58(46-56)63-21-5-6-22-64(63)66-41-40-55(77-70-26-8-7-23-65(70)67-24-9-11-29-74(67)80-77)48-71(66)54-39-42-69-68-25-10-12-30-75(68)81-76(69)49-54/h1-49H. The van der Waals surface area contributed by atoms with Crippen LogP contribution in [0.1, 0.15) is 0 Å². The van der Waals surface area contributed by atoms with Crippen molar-refractivity contribution in [3.63, 3.8) is 0 Å². The van der Waals surface area contributed by atoms with Gasteiger partial charge in [-0.2, -0.15) is 0 Å². The van der Waals surface area contributed by atoms with E-state index in [-0.39, 0.29) is 0 Å². The van der Waals surface area contributed by atoms with E-state index in [1.54, 1.807) is 0 Å². The van der Waals surface area contributed by atoms with Crippen LogP contribution in [0, 0.1) is 0 Å². The molecule has 378 valence electrons. The molecule has 15 rings (SSSR count). The summed E-state index contributed by atoms with van der Waals surface area (Å²) in [6.45, 7) is 0. The molecule has 4 aromatic heterocycles. The van der Waals surface area contributed by atoms with E-state index in [1.165, 1.54) is 25.6 Å². The molecule has 4 heterocycles. The lowest BCUT2D eigenvalue weighted by atomic mass is 9.84. The highest BCUT2D eigenvalue weighted by Crippen LogP contribution is 2.47. The first kappa shape index (κ1) is 47.8. The monoisotopic (exact) mass is 1050 g/mol. The minimum atomic E-state index is 0.954. The van der Waals surface area contributed by atoms with Crippen molar-refractivity contribution in [2.45, 2.75) is 0 Å². The van der Waals surface area contributed by atoms with Gasteiger partial charge in [-0.15, -0.1) is 11.3 Å². The summed E-state index contributed by atoms with van der Waals surface area (Å²) < 4.78 is 2.55. The van der Waals surface area contributed by atoms with E-state index in [1.807, 2.05) is 48.0 Å². The molecular weight excluding hydrogens is 999 g/mol. The van der Waals surface area contributed by atoms with Crippen molar-refractivity contribution in [3.8, 4) is 112 Å². The number of aromatic nitrogens is 3. The maximum atomic E-state index is 5.42. The van der Waals surface area contributed by atoms with Crippen LogP contribution in [0.15, 0.2) is 298 Å². The van der Waals surface area contributed by atoms with Crippen molar-refractivity contribution < 1.29 is 0 Å². The van der Waals surface area contributed by atoms with Crippen LogP contribution in [0.25, 0.3) is 154 Å². The molecule has 3 nitrogen and oxygen atoms in total. The summed E-state index contributed by atoms with van der Waals surface area (Å²) in [6.07, 6.45) is 3.70. The van der Waals surface area contributed by atoms with Crippen LogP contribution in [0.5, 0.6) is 0 Å². The minimum absolute atomic E-state index is 0.954. The molecule has 0 bridgehead atoms. The van der Waals surface area contributed by atoms with Gasteiger partial charge in [-0.1, -0.05) is 218 Å². The van der Waals surface area contributed by atoms with Gasteiger partial charge in [0, 0.05) is 60.0 Å². The first-order valence-electron chi connectivity index (χ1n) is 27.5. The third-order valence-electron chi connectivity index (χ3n) is 15.8. The van der Waals surface area contributed by atoms with Crippen molar-refractivity contribution in [2.75, 3.05) is 0 Å². The lowest BCUT2D eigenvalue weighted by Crippen LogP contribution is -1.94. The Morgan fingerprint density at radius 3 is 1.22 bits per heavy atom. The van der Waals surface area contributed by atoms with Gasteiger partial charge in [0.15, 0.2) is 0 Å². The molecule has 81 heavy (non-hydrogen) atoms. The van der Waals surface area contributed by atoms with Crippen molar-refractivity contribution in [1.29, 1.82) is 0 Å². The molecule has 0 amide bonds. The van der Waals surface area contributed by atoms with E-state index in [0.717, 1.165) is 128 Å². The topological polar surface area (TPSA) is 38.7 Å². The number of nitrogens with zero attached hydrogens (tertiary/aromatic N) is 3. The van der Waals surface area contributed by atoms with Gasteiger partial charge in [0.1, 0.15) is 0 Å². The van der Waals surface area contributed by atoms with Crippen LogP contribution in [0.2, 0.25) is 0 Å². The Hall–Kier alpha value is -10.4. The molecule has 0 aliphatic rings. The molecular formula is C77H49N3S. The highest BCUT2D eigenvalue weighted by Gasteiger charge is 2.21. The number of thiophene rings is 1. The Bertz CT molecular complexity index is 4710. The molecule has 0 unspecified atom stereocenters. The van der Waals surface area contributed by atoms with Gasteiger partial charge in [-0.3, -0.25) is 9.97 Å². The lowest BCUT2D eigenvalue weighted by Gasteiger charge is -2.20. The summed E-state index contributed by atoms with van der Waals surface area (Å²) in [5.41, 5.74) is 23.1. The molecule has 0 atom stereocenters. The van der Waals surface area contributed by atoms with E-state index in [0.29, 0.717) is 0 Å². The van der Waals surface area contributed by atoms with Crippen LogP contribution >= 0.6 is 11.3 Å². The number of pyridine rings is 3.